The van der Waals surface area contributed by atoms with Crippen LogP contribution in [0.15, 0.2) is 6.07 Å². The number of carbonyl (C=O) groups excluding carboxylic acids is 1. The summed E-state index contributed by atoms with van der Waals surface area (Å²) in [5, 5.41) is 10.0. The zero-order chi connectivity index (χ0) is 12.8. The standard InChI is InChI=1S/C12H22N4O.ClH/c1-5-10(6-2)16-9(3)7-11(15-16)14-12(17)8-13-4;/h7,10,13H,5-6,8H2,1-4H3,(H,14,15,17);1H. The average Bonchev–Trinajstić information content (AvgIpc) is 2.62. The fraction of sp³-hybridized carbons (Fsp3) is 0.667. The molecule has 2 N–H and O–H groups in total. The molecule has 1 amide bonds. The molecule has 0 spiro atoms. The number of nitrogens with one attached hydrogen (secondary N) is 2. The van der Waals surface area contributed by atoms with Crippen molar-refractivity contribution in [1.29, 1.82) is 0 Å². The first kappa shape index (κ1) is 16.9. The maximum Gasteiger partial charge on any atom is 0.239 e. The largest absolute Gasteiger partial charge is 0.311 e. The highest BCUT2D eigenvalue weighted by molar-refractivity contribution is 5.91. The molecule has 0 bridgehead atoms. The molecule has 1 rings (SSSR count). The number of amides is 1. The fourth-order valence-corrected chi connectivity index (χ4v) is 1.90. The van der Waals surface area contributed by atoms with Gasteiger partial charge in [0.1, 0.15) is 0 Å². The summed E-state index contributed by atoms with van der Waals surface area (Å²) >= 11 is 0. The van der Waals surface area contributed by atoms with Crippen LogP contribution in [-0.4, -0.2) is 29.3 Å². The number of anilines is 1. The quantitative estimate of drug-likeness (QED) is 0.836. The van der Waals surface area contributed by atoms with Crippen molar-refractivity contribution in [3.05, 3.63) is 11.8 Å². The number of aromatic nitrogens is 2. The van der Waals surface area contributed by atoms with Gasteiger partial charge in [-0.2, -0.15) is 5.10 Å². The van der Waals surface area contributed by atoms with Crippen molar-refractivity contribution in [3.8, 4) is 0 Å². The molecule has 0 aromatic carbocycles. The molecule has 1 heterocycles. The Morgan fingerprint density at radius 1 is 1.44 bits per heavy atom. The first-order valence-electron chi connectivity index (χ1n) is 6.12. The number of carbonyl (C=O) groups is 1. The van der Waals surface area contributed by atoms with Crippen LogP contribution in [0.3, 0.4) is 0 Å². The van der Waals surface area contributed by atoms with E-state index in [4.69, 9.17) is 0 Å². The summed E-state index contributed by atoms with van der Waals surface area (Å²) in [6.07, 6.45) is 2.09. The number of rotatable bonds is 6. The molecule has 0 aliphatic heterocycles. The van der Waals surface area contributed by atoms with Crippen molar-refractivity contribution in [1.82, 2.24) is 15.1 Å². The maximum absolute atomic E-state index is 11.4. The van der Waals surface area contributed by atoms with Gasteiger partial charge in [-0.1, -0.05) is 13.8 Å². The molecular weight excluding hydrogens is 252 g/mol. The summed E-state index contributed by atoms with van der Waals surface area (Å²) in [6, 6.07) is 2.32. The molecule has 18 heavy (non-hydrogen) atoms. The number of hydrogen-bond acceptors (Lipinski definition) is 3. The lowest BCUT2D eigenvalue weighted by Crippen LogP contribution is -2.25. The van der Waals surface area contributed by atoms with Crippen LogP contribution >= 0.6 is 12.4 Å². The lowest BCUT2D eigenvalue weighted by Gasteiger charge is -2.14. The van der Waals surface area contributed by atoms with Crippen LogP contribution < -0.4 is 10.6 Å². The zero-order valence-corrected chi connectivity index (χ0v) is 12.3. The Bertz CT molecular complexity index is 374. The van der Waals surface area contributed by atoms with Crippen LogP contribution in [0.2, 0.25) is 0 Å². The second-order valence-corrected chi connectivity index (χ2v) is 4.16. The molecule has 0 saturated heterocycles. The Morgan fingerprint density at radius 3 is 2.56 bits per heavy atom. The summed E-state index contributed by atoms with van der Waals surface area (Å²) < 4.78 is 2.00. The Kier molecular flexibility index (Phi) is 7.62. The van der Waals surface area contributed by atoms with Crippen molar-refractivity contribution in [2.75, 3.05) is 18.9 Å². The lowest BCUT2D eigenvalue weighted by molar-refractivity contribution is -0.115. The summed E-state index contributed by atoms with van der Waals surface area (Å²) in [5.74, 6) is 0.566. The van der Waals surface area contributed by atoms with Gasteiger partial charge in [0.05, 0.1) is 12.6 Å². The number of likely N-dealkylation sites (N-methyl/N-ethyl adjacent to an activating group) is 1. The average molecular weight is 275 g/mol. The van der Waals surface area contributed by atoms with Gasteiger partial charge in [0.25, 0.3) is 0 Å². The third-order valence-corrected chi connectivity index (χ3v) is 2.82. The first-order chi connectivity index (χ1) is 8.12. The molecule has 0 aliphatic rings. The summed E-state index contributed by atoms with van der Waals surface area (Å²) in [7, 11) is 1.74. The van der Waals surface area contributed by atoms with Crippen molar-refractivity contribution in [2.45, 2.75) is 39.7 Å². The summed E-state index contributed by atoms with van der Waals surface area (Å²) in [4.78, 5) is 11.4. The molecule has 0 radical (unpaired) electrons. The van der Waals surface area contributed by atoms with E-state index < -0.39 is 0 Å². The number of halogens is 1. The summed E-state index contributed by atoms with van der Waals surface area (Å²) in [5.41, 5.74) is 1.08. The predicted molar refractivity (Wildman–Crippen MR) is 76.4 cm³/mol. The van der Waals surface area contributed by atoms with Gasteiger partial charge in [0.15, 0.2) is 5.82 Å². The molecule has 1 aromatic rings. The van der Waals surface area contributed by atoms with Crippen molar-refractivity contribution in [2.24, 2.45) is 0 Å². The van der Waals surface area contributed by atoms with E-state index in [2.05, 4.69) is 29.6 Å². The summed E-state index contributed by atoms with van der Waals surface area (Å²) in [6.45, 7) is 6.61. The lowest BCUT2D eigenvalue weighted by atomic mass is 10.2. The van der Waals surface area contributed by atoms with Gasteiger partial charge < -0.3 is 10.6 Å². The number of nitrogens with zero attached hydrogens (tertiary/aromatic N) is 2. The van der Waals surface area contributed by atoms with E-state index in [0.717, 1.165) is 18.5 Å². The smallest absolute Gasteiger partial charge is 0.239 e. The van der Waals surface area contributed by atoms with E-state index in [9.17, 15) is 4.79 Å². The highest BCUT2D eigenvalue weighted by atomic mass is 35.5. The maximum atomic E-state index is 11.4. The van der Waals surface area contributed by atoms with Gasteiger partial charge in [0.2, 0.25) is 5.91 Å². The van der Waals surface area contributed by atoms with E-state index in [1.165, 1.54) is 0 Å². The van der Waals surface area contributed by atoms with Crippen LogP contribution in [0.4, 0.5) is 5.82 Å². The van der Waals surface area contributed by atoms with Crippen LogP contribution in [0, 0.1) is 6.92 Å². The van der Waals surface area contributed by atoms with Gasteiger partial charge in [-0.15, -0.1) is 12.4 Å². The third kappa shape index (κ3) is 4.31. The Hall–Kier alpha value is -1.07. The second-order valence-electron chi connectivity index (χ2n) is 4.16. The Balaban J connectivity index is 0.00000289. The Morgan fingerprint density at radius 2 is 2.06 bits per heavy atom. The topological polar surface area (TPSA) is 59.0 Å². The molecule has 0 fully saturated rings. The van der Waals surface area contributed by atoms with Crippen LogP contribution in [0.1, 0.15) is 38.4 Å². The van der Waals surface area contributed by atoms with Crippen molar-refractivity contribution >= 4 is 24.1 Å². The van der Waals surface area contributed by atoms with Gasteiger partial charge in [-0.25, -0.2) is 0 Å². The minimum Gasteiger partial charge on any atom is -0.311 e. The molecule has 0 unspecified atom stereocenters. The third-order valence-electron chi connectivity index (χ3n) is 2.82. The van der Waals surface area contributed by atoms with Crippen molar-refractivity contribution in [3.63, 3.8) is 0 Å². The highest BCUT2D eigenvalue weighted by Crippen LogP contribution is 2.19. The van der Waals surface area contributed by atoms with E-state index in [1.807, 2.05) is 17.7 Å². The Labute approximate surface area is 115 Å². The minimum atomic E-state index is -0.0679. The van der Waals surface area contributed by atoms with E-state index in [0.29, 0.717) is 18.4 Å². The van der Waals surface area contributed by atoms with E-state index in [1.54, 1.807) is 7.05 Å². The molecule has 104 valence electrons. The van der Waals surface area contributed by atoms with Gasteiger partial charge in [-0.3, -0.25) is 9.48 Å². The molecule has 5 nitrogen and oxygen atoms in total. The zero-order valence-electron chi connectivity index (χ0n) is 11.5. The SMILES string of the molecule is CCC(CC)n1nc(NC(=O)CNC)cc1C.Cl. The van der Waals surface area contributed by atoms with Crippen molar-refractivity contribution < 1.29 is 4.79 Å². The molecule has 1 aromatic heterocycles. The molecule has 0 saturated carbocycles. The van der Waals surface area contributed by atoms with E-state index >= 15 is 0 Å². The molecule has 0 aliphatic carbocycles. The van der Waals surface area contributed by atoms with E-state index in [-0.39, 0.29) is 18.3 Å². The number of aryl methyl sites for hydroxylation is 1. The second kappa shape index (κ2) is 8.11. The van der Waals surface area contributed by atoms with Crippen LogP contribution in [0.5, 0.6) is 0 Å². The monoisotopic (exact) mass is 274 g/mol. The number of hydrogen-bond donors (Lipinski definition) is 2. The molecule has 6 heteroatoms. The minimum absolute atomic E-state index is 0. The predicted octanol–water partition coefficient (Wildman–Crippen LogP) is 2.13. The van der Waals surface area contributed by atoms with Gasteiger partial charge >= 0.3 is 0 Å². The first-order valence-corrected chi connectivity index (χ1v) is 6.12. The van der Waals surface area contributed by atoms with Crippen LogP contribution in [0.25, 0.3) is 0 Å². The fourth-order valence-electron chi connectivity index (χ4n) is 1.90. The molecular formula is C12H23ClN4O. The normalized spacial score (nSPS) is 10.3. The van der Waals surface area contributed by atoms with Crippen LogP contribution in [-0.2, 0) is 4.79 Å². The molecule has 0 atom stereocenters. The van der Waals surface area contributed by atoms with Gasteiger partial charge in [-0.05, 0) is 26.8 Å². The van der Waals surface area contributed by atoms with Gasteiger partial charge in [0, 0.05) is 11.8 Å². The highest BCUT2D eigenvalue weighted by Gasteiger charge is 2.12.